The zero-order valence-corrected chi connectivity index (χ0v) is 8.03. The third-order valence-electron chi connectivity index (χ3n) is 1.70. The van der Waals surface area contributed by atoms with Gasteiger partial charge in [0, 0.05) is 6.54 Å². The topological polar surface area (TPSA) is 49.3 Å². The Balaban J connectivity index is 2.49. The lowest BCUT2D eigenvalue weighted by Crippen LogP contribution is -2.20. The number of amides is 1. The molecule has 0 fully saturated rings. The van der Waals surface area contributed by atoms with Crippen molar-refractivity contribution in [3.05, 3.63) is 42.0 Å². The van der Waals surface area contributed by atoms with E-state index < -0.39 is 0 Å². The number of phenolic OH excluding ortho intramolecular Hbond substituents is 1. The van der Waals surface area contributed by atoms with Gasteiger partial charge in [0.25, 0.3) is 0 Å². The minimum Gasteiger partial charge on any atom is -0.508 e. The molecule has 1 amide bonds. The molecule has 14 heavy (non-hydrogen) atoms. The number of carbonyl (C=O) groups excluding carboxylic acids is 1. The number of phenols is 1. The van der Waals surface area contributed by atoms with Gasteiger partial charge < -0.3 is 10.4 Å². The van der Waals surface area contributed by atoms with Crippen molar-refractivity contribution in [2.24, 2.45) is 0 Å². The largest absolute Gasteiger partial charge is 0.508 e. The molecule has 0 bridgehead atoms. The minimum atomic E-state index is -0.129. The Kier molecular flexibility index (Phi) is 3.73. The summed E-state index contributed by atoms with van der Waals surface area (Å²) >= 11 is 0. The second-order valence-corrected chi connectivity index (χ2v) is 2.89. The van der Waals surface area contributed by atoms with Crippen LogP contribution >= 0.6 is 0 Å². The van der Waals surface area contributed by atoms with E-state index in [9.17, 15) is 4.79 Å². The predicted octanol–water partition coefficient (Wildman–Crippen LogP) is 1.58. The van der Waals surface area contributed by atoms with E-state index in [2.05, 4.69) is 5.32 Å². The summed E-state index contributed by atoms with van der Waals surface area (Å²) in [6, 6.07) is 6.80. The lowest BCUT2D eigenvalue weighted by Gasteiger charge is -2.02. The van der Waals surface area contributed by atoms with Gasteiger partial charge in [0.2, 0.25) is 5.91 Å². The molecular formula is C11H13NO2. The maximum atomic E-state index is 11.0. The number of rotatable bonds is 3. The lowest BCUT2D eigenvalue weighted by molar-refractivity contribution is -0.116. The third-order valence-corrected chi connectivity index (χ3v) is 1.70. The van der Waals surface area contributed by atoms with Gasteiger partial charge in [-0.1, -0.05) is 18.2 Å². The van der Waals surface area contributed by atoms with Crippen LogP contribution in [0.3, 0.4) is 0 Å². The summed E-state index contributed by atoms with van der Waals surface area (Å²) in [7, 11) is 0. The summed E-state index contributed by atoms with van der Waals surface area (Å²) < 4.78 is 0. The summed E-state index contributed by atoms with van der Waals surface area (Å²) in [5.41, 5.74) is 0.878. The van der Waals surface area contributed by atoms with Crippen molar-refractivity contribution in [1.29, 1.82) is 0 Å². The van der Waals surface area contributed by atoms with Gasteiger partial charge in [-0.3, -0.25) is 4.79 Å². The van der Waals surface area contributed by atoms with Gasteiger partial charge in [-0.25, -0.2) is 0 Å². The van der Waals surface area contributed by atoms with Crippen LogP contribution in [0.5, 0.6) is 5.75 Å². The second kappa shape index (κ2) is 5.07. The first-order chi connectivity index (χ1) is 6.72. The summed E-state index contributed by atoms with van der Waals surface area (Å²) in [6.45, 7) is 2.21. The maximum absolute atomic E-state index is 11.0. The number of benzene rings is 1. The smallest absolute Gasteiger partial charge is 0.243 e. The molecule has 1 rings (SSSR count). The molecule has 1 aromatic carbocycles. The van der Waals surface area contributed by atoms with Crippen LogP contribution in [-0.4, -0.2) is 11.0 Å². The van der Waals surface area contributed by atoms with Gasteiger partial charge in [0.1, 0.15) is 5.75 Å². The van der Waals surface area contributed by atoms with E-state index in [0.717, 1.165) is 5.56 Å². The van der Waals surface area contributed by atoms with Crippen LogP contribution in [0.2, 0.25) is 0 Å². The molecule has 0 spiro atoms. The van der Waals surface area contributed by atoms with Crippen LogP contribution in [0.1, 0.15) is 12.5 Å². The summed E-state index contributed by atoms with van der Waals surface area (Å²) in [5, 5.41) is 11.8. The molecule has 0 radical (unpaired) electrons. The van der Waals surface area contributed by atoms with Gasteiger partial charge in [-0.05, 0) is 30.7 Å². The van der Waals surface area contributed by atoms with E-state index in [-0.39, 0.29) is 11.7 Å². The summed E-state index contributed by atoms with van der Waals surface area (Å²) in [6.07, 6.45) is 3.14. The molecule has 0 aliphatic heterocycles. The van der Waals surface area contributed by atoms with Crippen LogP contribution < -0.4 is 5.32 Å². The van der Waals surface area contributed by atoms with Crippen LogP contribution in [0.15, 0.2) is 36.4 Å². The Morgan fingerprint density at radius 3 is 3.00 bits per heavy atom. The molecule has 3 heteroatoms. The van der Waals surface area contributed by atoms with Crippen molar-refractivity contribution in [3.63, 3.8) is 0 Å². The van der Waals surface area contributed by atoms with Gasteiger partial charge in [-0.15, -0.1) is 0 Å². The SMILES string of the molecule is C/C=C/C(=O)NCc1cccc(O)c1. The monoisotopic (exact) mass is 191 g/mol. The van der Waals surface area contributed by atoms with Gasteiger partial charge in [-0.2, -0.15) is 0 Å². The van der Waals surface area contributed by atoms with Crippen LogP contribution in [-0.2, 0) is 11.3 Å². The molecular weight excluding hydrogens is 178 g/mol. The fourth-order valence-corrected chi connectivity index (χ4v) is 1.07. The third kappa shape index (κ3) is 3.31. The first-order valence-electron chi connectivity index (χ1n) is 4.41. The number of nitrogens with one attached hydrogen (secondary N) is 1. The fourth-order valence-electron chi connectivity index (χ4n) is 1.07. The molecule has 74 valence electrons. The van der Waals surface area contributed by atoms with Crippen molar-refractivity contribution in [1.82, 2.24) is 5.32 Å². The molecule has 0 unspecified atom stereocenters. The van der Waals surface area contributed by atoms with Gasteiger partial charge in [0.05, 0.1) is 0 Å². The molecule has 0 aliphatic carbocycles. The average Bonchev–Trinajstić information content (AvgIpc) is 2.15. The van der Waals surface area contributed by atoms with E-state index in [1.807, 2.05) is 6.07 Å². The van der Waals surface area contributed by atoms with Crippen molar-refractivity contribution >= 4 is 5.91 Å². The van der Waals surface area contributed by atoms with Crippen LogP contribution in [0, 0.1) is 0 Å². The van der Waals surface area contributed by atoms with E-state index in [4.69, 9.17) is 5.11 Å². The number of allylic oxidation sites excluding steroid dienone is 1. The quantitative estimate of drug-likeness (QED) is 0.713. The Morgan fingerprint density at radius 1 is 1.57 bits per heavy atom. The van der Waals surface area contributed by atoms with Gasteiger partial charge in [0.15, 0.2) is 0 Å². The molecule has 0 atom stereocenters. The fraction of sp³-hybridized carbons (Fsp3) is 0.182. The molecule has 0 heterocycles. The molecule has 0 saturated carbocycles. The van der Waals surface area contributed by atoms with E-state index in [1.165, 1.54) is 6.08 Å². The number of hydrogen-bond donors (Lipinski definition) is 2. The van der Waals surface area contributed by atoms with Crippen molar-refractivity contribution in [2.75, 3.05) is 0 Å². The highest BCUT2D eigenvalue weighted by Gasteiger charge is 1.96. The average molecular weight is 191 g/mol. The maximum Gasteiger partial charge on any atom is 0.243 e. The number of aromatic hydroxyl groups is 1. The highest BCUT2D eigenvalue weighted by molar-refractivity contribution is 5.87. The van der Waals surface area contributed by atoms with Crippen molar-refractivity contribution in [2.45, 2.75) is 13.5 Å². The Labute approximate surface area is 83.1 Å². The summed E-state index contributed by atoms with van der Waals surface area (Å²) in [4.78, 5) is 11.0. The van der Waals surface area contributed by atoms with E-state index in [1.54, 1.807) is 31.2 Å². The predicted molar refractivity (Wildman–Crippen MR) is 54.8 cm³/mol. The standard InChI is InChI=1S/C11H13NO2/c1-2-4-11(14)12-8-9-5-3-6-10(13)7-9/h2-7,13H,8H2,1H3,(H,12,14)/b4-2+. The lowest BCUT2D eigenvalue weighted by atomic mass is 10.2. The van der Waals surface area contributed by atoms with Crippen LogP contribution in [0.4, 0.5) is 0 Å². The highest BCUT2D eigenvalue weighted by atomic mass is 16.3. The summed E-state index contributed by atoms with van der Waals surface area (Å²) in [5.74, 6) is 0.0821. The molecule has 2 N–H and O–H groups in total. The van der Waals surface area contributed by atoms with Gasteiger partial charge >= 0.3 is 0 Å². The Morgan fingerprint density at radius 2 is 2.36 bits per heavy atom. The zero-order chi connectivity index (χ0) is 10.4. The molecule has 1 aromatic rings. The second-order valence-electron chi connectivity index (χ2n) is 2.89. The van der Waals surface area contributed by atoms with Crippen LogP contribution in [0.25, 0.3) is 0 Å². The van der Waals surface area contributed by atoms with Crippen molar-refractivity contribution < 1.29 is 9.90 Å². The first-order valence-corrected chi connectivity index (χ1v) is 4.41. The van der Waals surface area contributed by atoms with E-state index in [0.29, 0.717) is 6.54 Å². The number of hydrogen-bond acceptors (Lipinski definition) is 2. The van der Waals surface area contributed by atoms with Crippen molar-refractivity contribution in [3.8, 4) is 5.75 Å². The Hall–Kier alpha value is -1.77. The molecule has 3 nitrogen and oxygen atoms in total. The van der Waals surface area contributed by atoms with E-state index >= 15 is 0 Å². The first kappa shape index (κ1) is 10.3. The normalized spacial score (nSPS) is 10.4. The molecule has 0 aromatic heterocycles. The minimum absolute atomic E-state index is 0.129. The highest BCUT2D eigenvalue weighted by Crippen LogP contribution is 2.10. The zero-order valence-electron chi connectivity index (χ0n) is 8.03. The number of carbonyl (C=O) groups is 1. The molecule has 0 aliphatic rings. The molecule has 0 saturated heterocycles. The Bertz CT molecular complexity index is 345.